The highest BCUT2D eigenvalue weighted by Crippen LogP contribution is 2.43. The summed E-state index contributed by atoms with van der Waals surface area (Å²) in [5.74, 6) is 1.83. The Balaban J connectivity index is 1.05. The van der Waals surface area contributed by atoms with Crippen LogP contribution in [0.15, 0.2) is 255 Å². The first kappa shape index (κ1) is 40.7. The van der Waals surface area contributed by atoms with Crippen molar-refractivity contribution in [3.63, 3.8) is 0 Å². The average Bonchev–Trinajstić information content (AvgIpc) is 3.98. The number of rotatable bonds is 9. The highest BCUT2D eigenvalue weighted by molar-refractivity contribution is 7.26. The number of hydrogen-bond donors (Lipinski definition) is 0. The zero-order valence-electron chi connectivity index (χ0n) is 37.4. The van der Waals surface area contributed by atoms with Gasteiger partial charge in [0.15, 0.2) is 25.5 Å². The number of para-hydroxylation sites is 3. The highest BCUT2D eigenvalue weighted by atomic mass is 32.1. The fourth-order valence-corrected chi connectivity index (χ4v) is 16.5. The van der Waals surface area contributed by atoms with Gasteiger partial charge in [0.2, 0.25) is 0 Å². The monoisotopic (exact) mass is 914 g/mol. The van der Waals surface area contributed by atoms with Crippen molar-refractivity contribution < 1.29 is 0 Å². The summed E-state index contributed by atoms with van der Waals surface area (Å²) in [6.45, 7) is 0. The van der Waals surface area contributed by atoms with Gasteiger partial charge in [0.25, 0.3) is 0 Å². The molecule has 0 saturated carbocycles. The van der Waals surface area contributed by atoms with E-state index in [0.29, 0.717) is 17.5 Å². The summed E-state index contributed by atoms with van der Waals surface area (Å²) < 4.78 is 4.88. The normalized spacial score (nSPS) is 11.8. The summed E-state index contributed by atoms with van der Waals surface area (Å²) in [4.78, 5) is 16.4. The van der Waals surface area contributed by atoms with Crippen LogP contribution in [0.3, 0.4) is 0 Å². The molecule has 3 heterocycles. The molecule has 0 radical (unpaired) electrons. The maximum absolute atomic E-state index is 5.50. The predicted molar refractivity (Wildman–Crippen MR) is 292 cm³/mol. The lowest BCUT2D eigenvalue weighted by Crippen LogP contribution is -2.74. The average molecular weight is 915 g/mol. The standard InChI is InChI=1S/C63H42N4SSi/c1-4-21-44(22-5-1)69(45-23-6-2-7-24-45,46-25-8-3-9-26-46)47-41-39-43(40-42-47)61-64-62(52-30-11-10-27-48(52)51-33-20-38-59-60(51)54-32-15-19-37-58(54)68-59)66-63(65-61)53-31-14-18-36-57(53)67-55-34-16-12-28-49(55)50-29-13-17-35-56(50)67/h1-42H. The van der Waals surface area contributed by atoms with Gasteiger partial charge >= 0.3 is 0 Å². The number of nitrogens with zero attached hydrogens (tertiary/aromatic N) is 4. The van der Waals surface area contributed by atoms with E-state index in [2.05, 4.69) is 259 Å². The third kappa shape index (κ3) is 6.75. The third-order valence-corrected chi connectivity index (χ3v) is 19.6. The molecule has 4 nitrogen and oxygen atoms in total. The maximum Gasteiger partial charge on any atom is 0.179 e. The summed E-state index contributed by atoms with van der Waals surface area (Å²) in [7, 11) is -2.77. The molecule has 13 rings (SSSR count). The largest absolute Gasteiger partial charge is 0.309 e. The van der Waals surface area contributed by atoms with Crippen LogP contribution in [0.4, 0.5) is 0 Å². The van der Waals surface area contributed by atoms with E-state index in [4.69, 9.17) is 15.0 Å². The molecule has 0 amide bonds. The van der Waals surface area contributed by atoms with Gasteiger partial charge in [-0.3, -0.25) is 0 Å². The van der Waals surface area contributed by atoms with E-state index in [9.17, 15) is 0 Å². The molecule has 0 aliphatic rings. The quantitative estimate of drug-likeness (QED) is 0.107. The number of hydrogen-bond acceptors (Lipinski definition) is 4. The van der Waals surface area contributed by atoms with Gasteiger partial charge in [-0.15, -0.1) is 11.3 Å². The van der Waals surface area contributed by atoms with Crippen molar-refractivity contribution in [2.45, 2.75) is 0 Å². The molecule has 0 atom stereocenters. The lowest BCUT2D eigenvalue weighted by atomic mass is 9.95. The Kier molecular flexibility index (Phi) is 10.00. The summed E-state index contributed by atoms with van der Waals surface area (Å²) >= 11 is 1.83. The molecular formula is C63H42N4SSi. The van der Waals surface area contributed by atoms with E-state index in [0.717, 1.165) is 44.5 Å². The molecule has 6 heteroatoms. The Morgan fingerprint density at radius 3 is 1.36 bits per heavy atom. The molecule has 69 heavy (non-hydrogen) atoms. The van der Waals surface area contributed by atoms with E-state index in [1.54, 1.807) is 0 Å². The van der Waals surface area contributed by atoms with Crippen LogP contribution in [0, 0.1) is 0 Å². The molecule has 0 aliphatic carbocycles. The van der Waals surface area contributed by atoms with Crippen LogP contribution < -0.4 is 20.7 Å². The number of fused-ring (bicyclic) bond motifs is 6. The minimum Gasteiger partial charge on any atom is -0.309 e. The Hall–Kier alpha value is -8.55. The van der Waals surface area contributed by atoms with Crippen molar-refractivity contribution in [2.75, 3.05) is 0 Å². The fourth-order valence-electron chi connectivity index (χ4n) is 10.6. The van der Waals surface area contributed by atoms with Gasteiger partial charge in [-0.2, -0.15) is 0 Å². The van der Waals surface area contributed by atoms with Crippen LogP contribution in [0.25, 0.3) is 93.0 Å². The SMILES string of the molecule is c1ccc([Si](c2ccccc2)(c2ccccc2)c2ccc(-c3nc(-c4ccccc4-c4cccc5sc6ccccc6c45)nc(-c4ccccc4-n4c5ccccc5c5ccccc54)n3)cc2)cc1. The van der Waals surface area contributed by atoms with E-state index < -0.39 is 8.07 Å². The molecule has 324 valence electrons. The zero-order chi connectivity index (χ0) is 45.7. The van der Waals surface area contributed by atoms with Gasteiger partial charge in [0.1, 0.15) is 0 Å². The summed E-state index contributed by atoms with van der Waals surface area (Å²) in [6.07, 6.45) is 0. The topological polar surface area (TPSA) is 43.6 Å². The van der Waals surface area contributed by atoms with Crippen LogP contribution in [0.1, 0.15) is 0 Å². The van der Waals surface area contributed by atoms with Crippen LogP contribution in [0.2, 0.25) is 0 Å². The first-order valence-electron chi connectivity index (χ1n) is 23.4. The van der Waals surface area contributed by atoms with Crippen molar-refractivity contribution in [2.24, 2.45) is 0 Å². The van der Waals surface area contributed by atoms with Gasteiger partial charge in [-0.05, 0) is 68.3 Å². The Bertz CT molecular complexity index is 3860. The third-order valence-electron chi connectivity index (χ3n) is 13.7. The fraction of sp³-hybridized carbons (Fsp3) is 0. The molecule has 0 unspecified atom stereocenters. The molecule has 0 spiro atoms. The summed E-state index contributed by atoms with van der Waals surface area (Å²) in [5.41, 5.74) is 8.26. The van der Waals surface area contributed by atoms with E-state index in [1.165, 1.54) is 51.7 Å². The molecule has 0 bridgehead atoms. The molecule has 0 fully saturated rings. The number of benzene rings is 10. The van der Waals surface area contributed by atoms with Crippen LogP contribution >= 0.6 is 11.3 Å². The molecule has 3 aromatic heterocycles. The summed E-state index contributed by atoms with van der Waals surface area (Å²) in [6, 6.07) is 91.9. The minimum absolute atomic E-state index is 0.604. The second kappa shape index (κ2) is 17.0. The minimum atomic E-state index is -2.77. The zero-order valence-corrected chi connectivity index (χ0v) is 39.3. The summed E-state index contributed by atoms with van der Waals surface area (Å²) in [5, 5.41) is 10.2. The molecule has 0 aliphatic heterocycles. The number of aromatic nitrogens is 4. The molecule has 13 aromatic rings. The highest BCUT2D eigenvalue weighted by Gasteiger charge is 2.41. The first-order chi connectivity index (χ1) is 34.2. The van der Waals surface area contributed by atoms with Gasteiger partial charge in [-0.1, -0.05) is 218 Å². The van der Waals surface area contributed by atoms with Crippen molar-refractivity contribution >= 4 is 82.1 Å². The van der Waals surface area contributed by atoms with Gasteiger partial charge in [-0.25, -0.2) is 15.0 Å². The van der Waals surface area contributed by atoms with Crippen molar-refractivity contribution in [1.82, 2.24) is 19.5 Å². The Morgan fingerprint density at radius 1 is 0.304 bits per heavy atom. The van der Waals surface area contributed by atoms with E-state index in [-0.39, 0.29) is 0 Å². The van der Waals surface area contributed by atoms with E-state index in [1.807, 2.05) is 11.3 Å². The Morgan fingerprint density at radius 2 is 0.739 bits per heavy atom. The van der Waals surface area contributed by atoms with Crippen LogP contribution in [-0.2, 0) is 0 Å². The smallest absolute Gasteiger partial charge is 0.179 e. The molecule has 0 saturated heterocycles. The van der Waals surface area contributed by atoms with Crippen LogP contribution in [0.5, 0.6) is 0 Å². The van der Waals surface area contributed by atoms with Crippen molar-refractivity contribution in [3.8, 4) is 51.0 Å². The van der Waals surface area contributed by atoms with Crippen molar-refractivity contribution in [3.05, 3.63) is 255 Å². The van der Waals surface area contributed by atoms with Gasteiger partial charge < -0.3 is 4.57 Å². The predicted octanol–water partition coefficient (Wildman–Crippen LogP) is 13.4. The first-order valence-corrected chi connectivity index (χ1v) is 26.2. The number of thiophene rings is 1. The second-order valence-electron chi connectivity index (χ2n) is 17.4. The van der Waals surface area contributed by atoms with Gasteiger partial charge in [0, 0.05) is 47.6 Å². The van der Waals surface area contributed by atoms with Crippen molar-refractivity contribution in [1.29, 1.82) is 0 Å². The lowest BCUT2D eigenvalue weighted by molar-refractivity contribution is 1.06. The molecular weight excluding hydrogens is 873 g/mol. The lowest BCUT2D eigenvalue weighted by Gasteiger charge is -2.34. The van der Waals surface area contributed by atoms with Gasteiger partial charge in [0.05, 0.1) is 16.7 Å². The van der Waals surface area contributed by atoms with Crippen LogP contribution in [-0.4, -0.2) is 27.6 Å². The second-order valence-corrected chi connectivity index (χ2v) is 22.3. The maximum atomic E-state index is 5.50. The van der Waals surface area contributed by atoms with E-state index >= 15 is 0 Å². The molecule has 0 N–H and O–H groups in total. The molecule has 10 aromatic carbocycles. The Labute approximate surface area is 405 Å².